The third-order valence-corrected chi connectivity index (χ3v) is 3.80. The van der Waals surface area contributed by atoms with E-state index >= 15 is 0 Å². The van der Waals surface area contributed by atoms with Crippen LogP contribution in [-0.2, 0) is 4.79 Å². The monoisotopic (exact) mass is 310 g/mol. The van der Waals surface area contributed by atoms with Gasteiger partial charge in [0.25, 0.3) is 0 Å². The van der Waals surface area contributed by atoms with Gasteiger partial charge in [0.1, 0.15) is 11.8 Å². The summed E-state index contributed by atoms with van der Waals surface area (Å²) in [7, 11) is 0. The molecule has 4 nitrogen and oxygen atoms in total. The standard InChI is InChI=1S/C19H22N2O2/c1-2-23-17-12-10-15(11-13-17)20-18(14-6-4-3-5-7-14)19(22)21-16-8-9-16/h3-7,10-13,16,18,20H,2,8-9H2,1H3,(H,21,22). The van der Waals surface area contributed by atoms with E-state index in [1.165, 1.54) is 0 Å². The van der Waals surface area contributed by atoms with Gasteiger partial charge in [0.05, 0.1) is 6.61 Å². The van der Waals surface area contributed by atoms with Gasteiger partial charge in [-0.05, 0) is 49.6 Å². The topological polar surface area (TPSA) is 50.4 Å². The molecule has 2 aromatic rings. The Bertz CT molecular complexity index is 636. The Morgan fingerprint density at radius 1 is 1.13 bits per heavy atom. The maximum absolute atomic E-state index is 12.6. The molecule has 2 aromatic carbocycles. The second kappa shape index (κ2) is 7.18. The summed E-state index contributed by atoms with van der Waals surface area (Å²) in [5.74, 6) is 0.851. The van der Waals surface area contributed by atoms with Crippen LogP contribution < -0.4 is 15.4 Å². The molecule has 0 spiro atoms. The summed E-state index contributed by atoms with van der Waals surface area (Å²) in [4.78, 5) is 12.6. The van der Waals surface area contributed by atoms with Crippen LogP contribution in [0.2, 0.25) is 0 Å². The van der Waals surface area contributed by atoms with Crippen LogP contribution in [0.5, 0.6) is 5.75 Å². The Balaban J connectivity index is 1.75. The van der Waals surface area contributed by atoms with Gasteiger partial charge in [-0.2, -0.15) is 0 Å². The molecule has 0 aromatic heterocycles. The van der Waals surface area contributed by atoms with Crippen molar-refractivity contribution >= 4 is 11.6 Å². The van der Waals surface area contributed by atoms with Crippen molar-refractivity contribution in [2.45, 2.75) is 31.8 Å². The molecule has 1 saturated carbocycles. The number of carbonyl (C=O) groups excluding carboxylic acids is 1. The van der Waals surface area contributed by atoms with E-state index < -0.39 is 6.04 Å². The molecule has 0 radical (unpaired) electrons. The molecular formula is C19H22N2O2. The van der Waals surface area contributed by atoms with E-state index in [1.807, 2.05) is 61.5 Å². The van der Waals surface area contributed by atoms with Crippen LogP contribution in [0.15, 0.2) is 54.6 Å². The Labute approximate surface area is 136 Å². The predicted molar refractivity (Wildman–Crippen MR) is 91.6 cm³/mol. The first-order chi connectivity index (χ1) is 11.3. The Kier molecular flexibility index (Phi) is 4.81. The molecule has 3 rings (SSSR count). The molecule has 0 bridgehead atoms. The first-order valence-electron chi connectivity index (χ1n) is 8.11. The highest BCUT2D eigenvalue weighted by atomic mass is 16.5. The van der Waals surface area contributed by atoms with E-state index in [9.17, 15) is 4.79 Å². The van der Waals surface area contributed by atoms with Crippen molar-refractivity contribution in [2.75, 3.05) is 11.9 Å². The summed E-state index contributed by atoms with van der Waals surface area (Å²) in [6.07, 6.45) is 2.16. The summed E-state index contributed by atoms with van der Waals surface area (Å²) in [6.45, 7) is 2.60. The van der Waals surface area contributed by atoms with Gasteiger partial charge in [-0.15, -0.1) is 0 Å². The fourth-order valence-electron chi connectivity index (χ4n) is 2.44. The smallest absolute Gasteiger partial charge is 0.247 e. The highest BCUT2D eigenvalue weighted by Gasteiger charge is 2.28. The van der Waals surface area contributed by atoms with Crippen LogP contribution in [0.1, 0.15) is 31.4 Å². The van der Waals surface area contributed by atoms with E-state index in [-0.39, 0.29) is 5.91 Å². The number of ether oxygens (including phenoxy) is 1. The molecule has 1 unspecified atom stereocenters. The molecule has 0 aliphatic heterocycles. The molecule has 120 valence electrons. The van der Waals surface area contributed by atoms with Crippen molar-refractivity contribution in [3.05, 3.63) is 60.2 Å². The number of nitrogens with one attached hydrogen (secondary N) is 2. The van der Waals surface area contributed by atoms with Crippen LogP contribution in [0, 0.1) is 0 Å². The van der Waals surface area contributed by atoms with E-state index in [2.05, 4.69) is 10.6 Å². The maximum Gasteiger partial charge on any atom is 0.247 e. The van der Waals surface area contributed by atoms with Crippen molar-refractivity contribution in [3.63, 3.8) is 0 Å². The molecule has 1 aliphatic rings. The zero-order chi connectivity index (χ0) is 16.1. The van der Waals surface area contributed by atoms with Gasteiger partial charge < -0.3 is 15.4 Å². The fraction of sp³-hybridized carbons (Fsp3) is 0.316. The lowest BCUT2D eigenvalue weighted by atomic mass is 10.1. The minimum absolute atomic E-state index is 0.0209. The zero-order valence-electron chi connectivity index (χ0n) is 13.3. The molecule has 1 amide bonds. The molecule has 1 atom stereocenters. The van der Waals surface area contributed by atoms with Gasteiger partial charge in [0.2, 0.25) is 5.91 Å². The van der Waals surface area contributed by atoms with Gasteiger partial charge >= 0.3 is 0 Å². The van der Waals surface area contributed by atoms with Gasteiger partial charge in [-0.1, -0.05) is 30.3 Å². The summed E-state index contributed by atoms with van der Waals surface area (Å²) < 4.78 is 5.45. The second-order valence-corrected chi connectivity index (χ2v) is 5.73. The summed E-state index contributed by atoms with van der Waals surface area (Å²) in [5, 5.41) is 6.41. The van der Waals surface area contributed by atoms with E-state index in [1.54, 1.807) is 0 Å². The minimum atomic E-state index is -0.394. The number of amides is 1. The summed E-state index contributed by atoms with van der Waals surface area (Å²) in [5.41, 5.74) is 1.85. The van der Waals surface area contributed by atoms with Crippen LogP contribution in [0.3, 0.4) is 0 Å². The van der Waals surface area contributed by atoms with Gasteiger partial charge in [-0.25, -0.2) is 0 Å². The molecule has 1 fully saturated rings. The van der Waals surface area contributed by atoms with Crippen LogP contribution in [0.25, 0.3) is 0 Å². The summed E-state index contributed by atoms with van der Waals surface area (Å²) in [6, 6.07) is 17.4. The molecule has 23 heavy (non-hydrogen) atoms. The van der Waals surface area contributed by atoms with Gasteiger partial charge in [0, 0.05) is 11.7 Å². The van der Waals surface area contributed by atoms with Crippen molar-refractivity contribution < 1.29 is 9.53 Å². The number of hydrogen-bond acceptors (Lipinski definition) is 3. The molecule has 2 N–H and O–H groups in total. The van der Waals surface area contributed by atoms with Crippen LogP contribution in [-0.4, -0.2) is 18.6 Å². The normalized spacial score (nSPS) is 14.8. The van der Waals surface area contributed by atoms with Gasteiger partial charge in [0.15, 0.2) is 0 Å². The maximum atomic E-state index is 12.6. The van der Waals surface area contributed by atoms with Crippen LogP contribution >= 0.6 is 0 Å². The first kappa shape index (κ1) is 15.4. The molecular weight excluding hydrogens is 288 g/mol. The van der Waals surface area contributed by atoms with Crippen LogP contribution in [0.4, 0.5) is 5.69 Å². The lowest BCUT2D eigenvalue weighted by Crippen LogP contribution is -2.34. The first-order valence-corrected chi connectivity index (χ1v) is 8.11. The predicted octanol–water partition coefficient (Wildman–Crippen LogP) is 3.52. The number of hydrogen-bond donors (Lipinski definition) is 2. The summed E-state index contributed by atoms with van der Waals surface area (Å²) >= 11 is 0. The highest BCUT2D eigenvalue weighted by molar-refractivity contribution is 5.86. The molecule has 4 heteroatoms. The van der Waals surface area contributed by atoms with E-state index in [4.69, 9.17) is 4.74 Å². The van der Waals surface area contributed by atoms with Crippen molar-refractivity contribution in [1.29, 1.82) is 0 Å². The molecule has 0 saturated heterocycles. The molecule has 0 heterocycles. The Hall–Kier alpha value is -2.49. The lowest BCUT2D eigenvalue weighted by Gasteiger charge is -2.20. The lowest BCUT2D eigenvalue weighted by molar-refractivity contribution is -0.122. The SMILES string of the molecule is CCOc1ccc(NC(C(=O)NC2CC2)c2ccccc2)cc1. The largest absolute Gasteiger partial charge is 0.494 e. The Morgan fingerprint density at radius 3 is 2.43 bits per heavy atom. The number of benzene rings is 2. The fourth-order valence-corrected chi connectivity index (χ4v) is 2.44. The quantitative estimate of drug-likeness (QED) is 0.822. The molecule has 1 aliphatic carbocycles. The van der Waals surface area contributed by atoms with Crippen molar-refractivity contribution in [2.24, 2.45) is 0 Å². The third-order valence-electron chi connectivity index (χ3n) is 3.80. The third kappa shape index (κ3) is 4.25. The average molecular weight is 310 g/mol. The van der Waals surface area contributed by atoms with Gasteiger partial charge in [-0.3, -0.25) is 4.79 Å². The minimum Gasteiger partial charge on any atom is -0.494 e. The van der Waals surface area contributed by atoms with E-state index in [0.29, 0.717) is 12.6 Å². The number of carbonyl (C=O) groups is 1. The second-order valence-electron chi connectivity index (χ2n) is 5.73. The van der Waals surface area contributed by atoms with Crippen molar-refractivity contribution in [1.82, 2.24) is 5.32 Å². The van der Waals surface area contributed by atoms with E-state index in [0.717, 1.165) is 29.8 Å². The number of anilines is 1. The Morgan fingerprint density at radius 2 is 1.83 bits per heavy atom. The zero-order valence-corrected chi connectivity index (χ0v) is 13.3. The number of rotatable bonds is 7. The highest BCUT2D eigenvalue weighted by Crippen LogP contribution is 2.25. The van der Waals surface area contributed by atoms with Crippen molar-refractivity contribution in [3.8, 4) is 5.75 Å². The average Bonchev–Trinajstić information content (AvgIpc) is 3.39.